The molecule has 10 heteroatoms. The van der Waals surface area contributed by atoms with Crippen molar-refractivity contribution in [1.29, 1.82) is 0 Å². The van der Waals surface area contributed by atoms with Gasteiger partial charge in [0.05, 0.1) is 12.5 Å². The van der Waals surface area contributed by atoms with E-state index in [9.17, 15) is 19.2 Å². The third-order valence-electron chi connectivity index (χ3n) is 6.88. The average Bonchev–Trinajstić information content (AvgIpc) is 3.43. The van der Waals surface area contributed by atoms with E-state index in [1.54, 1.807) is 42.3 Å². The van der Waals surface area contributed by atoms with E-state index in [1.165, 1.54) is 12.0 Å². The van der Waals surface area contributed by atoms with Gasteiger partial charge in [0.15, 0.2) is 0 Å². The van der Waals surface area contributed by atoms with Crippen LogP contribution in [0.1, 0.15) is 59.3 Å². The molecule has 0 aromatic carbocycles. The summed E-state index contributed by atoms with van der Waals surface area (Å²) in [7, 11) is 1.33. The van der Waals surface area contributed by atoms with Crippen molar-refractivity contribution in [3.05, 3.63) is 0 Å². The number of hydrogen-bond acceptors (Lipinski definition) is 7. The summed E-state index contributed by atoms with van der Waals surface area (Å²) in [5.41, 5.74) is -1.59. The normalized spacial score (nSPS) is 32.4. The van der Waals surface area contributed by atoms with E-state index in [4.69, 9.17) is 9.47 Å². The van der Waals surface area contributed by atoms with Gasteiger partial charge in [0.2, 0.25) is 11.8 Å². The molecule has 4 aliphatic heterocycles. The third-order valence-corrected chi connectivity index (χ3v) is 8.17. The number of piperidine rings is 1. The van der Waals surface area contributed by atoms with Crippen LogP contribution in [0.3, 0.4) is 0 Å². The minimum atomic E-state index is -0.943. The molecule has 0 radical (unpaired) electrons. The highest BCUT2D eigenvalue weighted by atomic mass is 32.2. The van der Waals surface area contributed by atoms with Crippen molar-refractivity contribution in [2.24, 2.45) is 0 Å². The van der Waals surface area contributed by atoms with Gasteiger partial charge in [0.25, 0.3) is 0 Å². The highest BCUT2D eigenvalue weighted by Crippen LogP contribution is 2.48. The molecule has 0 aliphatic carbocycles. The Balaban J connectivity index is 1.58. The Morgan fingerprint density at radius 2 is 1.84 bits per heavy atom. The van der Waals surface area contributed by atoms with Crippen LogP contribution < -0.4 is 0 Å². The lowest BCUT2D eigenvalue weighted by Gasteiger charge is -2.45. The van der Waals surface area contributed by atoms with Gasteiger partial charge >= 0.3 is 12.1 Å². The zero-order chi connectivity index (χ0) is 23.3. The quantitative estimate of drug-likeness (QED) is 0.573. The topological polar surface area (TPSA) is 96.5 Å². The molecular formula is C22H33N3O6S. The summed E-state index contributed by atoms with van der Waals surface area (Å²) in [6.07, 6.45) is 3.56. The molecule has 3 amide bonds. The number of esters is 1. The molecular weight excluding hydrogens is 434 g/mol. The van der Waals surface area contributed by atoms with Crippen molar-refractivity contribution in [3.63, 3.8) is 0 Å². The van der Waals surface area contributed by atoms with Crippen molar-refractivity contribution in [3.8, 4) is 0 Å². The van der Waals surface area contributed by atoms with Crippen LogP contribution in [0.15, 0.2) is 0 Å². The van der Waals surface area contributed by atoms with Crippen molar-refractivity contribution in [2.45, 2.75) is 87.9 Å². The number of nitrogens with zero attached hydrogens (tertiary/aromatic N) is 3. The summed E-state index contributed by atoms with van der Waals surface area (Å²) in [6, 6.07) is -1.22. The SMILES string of the molecule is COC(=O)[C@H]1CS[C@@H]2C[C@]3(CCCCN3C(=O)[C@@H]3CCCN3C(=O)OC(C)(C)C)C(=O)N12. The zero-order valence-corrected chi connectivity index (χ0v) is 20.1. The number of amides is 3. The van der Waals surface area contributed by atoms with Gasteiger partial charge in [0.1, 0.15) is 23.2 Å². The first-order valence-corrected chi connectivity index (χ1v) is 12.5. The van der Waals surface area contributed by atoms with Crippen LogP contribution >= 0.6 is 11.8 Å². The van der Waals surface area contributed by atoms with Crippen molar-refractivity contribution >= 4 is 35.6 Å². The highest BCUT2D eigenvalue weighted by molar-refractivity contribution is 8.00. The molecule has 0 unspecified atom stereocenters. The van der Waals surface area contributed by atoms with Crippen LogP contribution in [0.5, 0.6) is 0 Å². The summed E-state index contributed by atoms with van der Waals surface area (Å²) in [4.78, 5) is 57.4. The molecule has 4 atom stereocenters. The van der Waals surface area contributed by atoms with Crippen LogP contribution in [-0.2, 0) is 23.9 Å². The molecule has 32 heavy (non-hydrogen) atoms. The van der Waals surface area contributed by atoms with Crippen LogP contribution in [0.4, 0.5) is 4.79 Å². The smallest absolute Gasteiger partial charge is 0.410 e. The molecule has 4 rings (SSSR count). The molecule has 0 aromatic rings. The van der Waals surface area contributed by atoms with E-state index in [0.717, 1.165) is 19.3 Å². The lowest BCUT2D eigenvalue weighted by molar-refractivity contribution is -0.158. The predicted octanol–water partition coefficient (Wildman–Crippen LogP) is 1.98. The second-order valence-corrected chi connectivity index (χ2v) is 11.3. The first-order valence-electron chi connectivity index (χ1n) is 11.4. The largest absolute Gasteiger partial charge is 0.467 e. The summed E-state index contributed by atoms with van der Waals surface area (Å²) in [5.74, 6) is -0.228. The van der Waals surface area contributed by atoms with E-state index in [-0.39, 0.29) is 17.2 Å². The van der Waals surface area contributed by atoms with E-state index in [2.05, 4.69) is 0 Å². The van der Waals surface area contributed by atoms with E-state index in [0.29, 0.717) is 38.1 Å². The molecule has 0 aromatic heterocycles. The average molecular weight is 468 g/mol. The number of ether oxygens (including phenoxy) is 2. The minimum Gasteiger partial charge on any atom is -0.467 e. The van der Waals surface area contributed by atoms with Crippen molar-refractivity contribution in [1.82, 2.24) is 14.7 Å². The number of methoxy groups -OCH3 is 1. The summed E-state index contributed by atoms with van der Waals surface area (Å²) >= 11 is 1.58. The first kappa shape index (κ1) is 23.2. The number of thioether (sulfide) groups is 1. The maximum absolute atomic E-state index is 13.8. The molecule has 4 fully saturated rings. The minimum absolute atomic E-state index is 0.134. The number of rotatable bonds is 2. The molecule has 178 valence electrons. The van der Waals surface area contributed by atoms with Crippen LogP contribution in [-0.4, -0.2) is 93.1 Å². The van der Waals surface area contributed by atoms with Crippen LogP contribution in [0.2, 0.25) is 0 Å². The fourth-order valence-electron chi connectivity index (χ4n) is 5.46. The van der Waals surface area contributed by atoms with Gasteiger partial charge in [-0.3, -0.25) is 14.5 Å². The van der Waals surface area contributed by atoms with Gasteiger partial charge < -0.3 is 19.3 Å². The molecule has 0 N–H and O–H groups in total. The van der Waals surface area contributed by atoms with Gasteiger partial charge in [-0.05, 0) is 52.9 Å². The Bertz CT molecular complexity index is 814. The maximum atomic E-state index is 13.8. The Hall–Kier alpha value is -1.97. The van der Waals surface area contributed by atoms with Gasteiger partial charge in [-0.2, -0.15) is 0 Å². The van der Waals surface area contributed by atoms with E-state index >= 15 is 0 Å². The number of likely N-dealkylation sites (tertiary alicyclic amines) is 2. The lowest BCUT2D eigenvalue weighted by atomic mass is 9.84. The summed E-state index contributed by atoms with van der Waals surface area (Å²) < 4.78 is 10.4. The van der Waals surface area contributed by atoms with Gasteiger partial charge in [-0.25, -0.2) is 9.59 Å². The Kier molecular flexibility index (Phi) is 6.11. The second-order valence-electron chi connectivity index (χ2n) is 10.1. The Morgan fingerprint density at radius 3 is 2.53 bits per heavy atom. The maximum Gasteiger partial charge on any atom is 0.410 e. The number of carbonyl (C=O) groups is 4. The Morgan fingerprint density at radius 1 is 1.09 bits per heavy atom. The lowest BCUT2D eigenvalue weighted by Crippen LogP contribution is -2.63. The molecule has 4 aliphatic rings. The van der Waals surface area contributed by atoms with Gasteiger partial charge in [-0.1, -0.05) is 0 Å². The van der Waals surface area contributed by atoms with Gasteiger partial charge in [-0.15, -0.1) is 11.8 Å². The van der Waals surface area contributed by atoms with Crippen LogP contribution in [0.25, 0.3) is 0 Å². The molecule has 1 spiro atoms. The third kappa shape index (κ3) is 3.84. The number of hydrogen-bond donors (Lipinski definition) is 0. The van der Waals surface area contributed by atoms with Crippen molar-refractivity contribution in [2.75, 3.05) is 26.0 Å². The zero-order valence-electron chi connectivity index (χ0n) is 19.3. The molecule has 9 nitrogen and oxygen atoms in total. The molecule has 4 saturated heterocycles. The molecule has 0 bridgehead atoms. The highest BCUT2D eigenvalue weighted by Gasteiger charge is 2.62. The second kappa shape index (κ2) is 8.43. The van der Waals surface area contributed by atoms with Crippen LogP contribution in [0, 0.1) is 0 Å². The molecule has 0 saturated carbocycles. The monoisotopic (exact) mass is 467 g/mol. The summed E-state index contributed by atoms with van der Waals surface area (Å²) in [6.45, 7) is 6.36. The standard InChI is InChI=1S/C22H33N3O6S/c1-21(2,3)31-20(29)23-10-7-8-14(23)17(26)24-11-6-5-9-22(24)12-16-25(19(22)28)15(13-32-16)18(27)30-4/h14-16H,5-13H2,1-4H3/t14-,15+,16+,22+/m0/s1. The van der Waals surface area contributed by atoms with E-state index in [1.807, 2.05) is 0 Å². The predicted molar refractivity (Wildman–Crippen MR) is 118 cm³/mol. The molecule has 4 heterocycles. The fourth-order valence-corrected chi connectivity index (χ4v) is 6.96. The Labute approximate surface area is 193 Å². The summed E-state index contributed by atoms with van der Waals surface area (Å²) in [5, 5.41) is -0.134. The first-order chi connectivity index (χ1) is 15.1. The van der Waals surface area contributed by atoms with Crippen molar-refractivity contribution < 1.29 is 28.7 Å². The van der Waals surface area contributed by atoms with Gasteiger partial charge in [0, 0.05) is 25.3 Å². The van der Waals surface area contributed by atoms with E-state index < -0.39 is 35.3 Å². The fraction of sp³-hybridized carbons (Fsp3) is 0.818. The number of fused-ring (bicyclic) bond motifs is 1. The number of carbonyl (C=O) groups excluding carboxylic acids is 4.